The summed E-state index contributed by atoms with van der Waals surface area (Å²) in [6.45, 7) is 3.91. The number of hydrogen-bond acceptors (Lipinski definition) is 14. The Hall–Kier alpha value is -0.680. The van der Waals surface area contributed by atoms with Gasteiger partial charge in [0.15, 0.2) is 10.3 Å². The van der Waals surface area contributed by atoms with Crippen LogP contribution in [0.25, 0.3) is 0 Å². The molecule has 214 valence electrons. The molecular formula is C23H44N6O6S2. The second-order valence-corrected chi connectivity index (χ2v) is 12.6. The lowest BCUT2D eigenvalue weighted by molar-refractivity contribution is -0.169. The Bertz CT molecular complexity index is 836. The molecule has 14 heteroatoms. The number of nitrogens with one attached hydrogen (secondary N) is 1. The summed E-state index contributed by atoms with van der Waals surface area (Å²) in [4.78, 5) is 14.6. The second kappa shape index (κ2) is 12.7. The molecule has 0 radical (unpaired) electrons. The van der Waals surface area contributed by atoms with E-state index < -0.39 is 36.6 Å². The summed E-state index contributed by atoms with van der Waals surface area (Å²) in [5.74, 6) is 0. The van der Waals surface area contributed by atoms with E-state index in [0.29, 0.717) is 0 Å². The van der Waals surface area contributed by atoms with Crippen molar-refractivity contribution in [2.75, 3.05) is 49.3 Å². The minimum absolute atomic E-state index is 0.0228. The van der Waals surface area contributed by atoms with Gasteiger partial charge in [-0.1, -0.05) is 23.5 Å². The van der Waals surface area contributed by atoms with Crippen molar-refractivity contribution in [3.63, 3.8) is 0 Å². The Morgan fingerprint density at radius 2 is 1.14 bits per heavy atom. The van der Waals surface area contributed by atoms with Crippen LogP contribution >= 0.6 is 23.5 Å². The van der Waals surface area contributed by atoms with Crippen molar-refractivity contribution >= 4 is 33.9 Å². The summed E-state index contributed by atoms with van der Waals surface area (Å²) in [7, 11) is 13.3. The predicted octanol–water partition coefficient (Wildman–Crippen LogP) is -1.51. The quantitative estimate of drug-likeness (QED) is 0.271. The molecule has 2 fully saturated rings. The van der Waals surface area contributed by atoms with Crippen LogP contribution in [-0.4, -0.2) is 166 Å². The van der Waals surface area contributed by atoms with E-state index in [4.69, 9.17) is 9.47 Å². The molecule has 4 aliphatic heterocycles. The molecule has 0 aliphatic carbocycles. The molecule has 4 rings (SSSR count). The zero-order valence-corrected chi connectivity index (χ0v) is 24.7. The van der Waals surface area contributed by atoms with Crippen molar-refractivity contribution < 1.29 is 29.9 Å². The third-order valence-electron chi connectivity index (χ3n) is 7.18. The summed E-state index contributed by atoms with van der Waals surface area (Å²) in [5.41, 5.74) is -0.440. The Labute approximate surface area is 228 Å². The normalized spacial score (nSPS) is 40.6. The molecular weight excluding hydrogens is 520 g/mol. The topological polar surface area (TPSA) is 146 Å². The van der Waals surface area contributed by atoms with E-state index in [1.54, 1.807) is 0 Å². The SMILES string of the molecule is CN[C@@H](C)[C@H]1O[C@@H]2SC(N(C)C)=N[C@@H]2[C@@H](O)[C@@H]1O.C[C@@H]([C@H]1O[C@@H]2SC(N(C)C)=N[C@@H]2[C@@H](O)[C@@H]1O)N(C)C. The number of rotatable bonds is 4. The lowest BCUT2D eigenvalue weighted by Gasteiger charge is -2.42. The summed E-state index contributed by atoms with van der Waals surface area (Å²) >= 11 is 3.00. The fourth-order valence-corrected chi connectivity index (χ4v) is 6.74. The summed E-state index contributed by atoms with van der Waals surface area (Å²) in [6, 6.07) is -0.778. The molecule has 0 bridgehead atoms. The maximum atomic E-state index is 10.3. The highest BCUT2D eigenvalue weighted by Gasteiger charge is 2.51. The van der Waals surface area contributed by atoms with E-state index >= 15 is 0 Å². The molecule has 4 heterocycles. The maximum Gasteiger partial charge on any atom is 0.161 e. The van der Waals surface area contributed by atoms with Gasteiger partial charge < -0.3 is 49.9 Å². The Morgan fingerprint density at radius 1 is 0.730 bits per heavy atom. The maximum absolute atomic E-state index is 10.3. The molecule has 12 atom stereocenters. The van der Waals surface area contributed by atoms with Crippen LogP contribution in [-0.2, 0) is 9.47 Å². The fraction of sp³-hybridized carbons (Fsp3) is 0.913. The standard InChI is InChI=1S/C12H23N3O3S.C11H21N3O3S/c1-6(14(2)3)10-9(17)8(16)7-11(18-10)19-12(13-7)15(4)5;1-5(12-2)9-8(16)7(15)6-10(17-9)18-11(13-6)14(3)4/h6-11,16-17H,1-5H3;5-10,12,15-16H,1-4H3/t6-,7+,8+,9-,10+,11+;5-,6+,7+,8-,9+,10+/m00/s1. The zero-order valence-electron chi connectivity index (χ0n) is 23.1. The summed E-state index contributed by atoms with van der Waals surface area (Å²) in [5, 5.41) is 45.5. The van der Waals surface area contributed by atoms with Crippen LogP contribution in [0.4, 0.5) is 0 Å². The number of amidine groups is 2. The number of hydrogen-bond donors (Lipinski definition) is 5. The van der Waals surface area contributed by atoms with Gasteiger partial charge in [-0.15, -0.1) is 0 Å². The van der Waals surface area contributed by atoms with Gasteiger partial charge in [0.25, 0.3) is 0 Å². The first-order valence-corrected chi connectivity index (χ1v) is 14.2. The lowest BCUT2D eigenvalue weighted by atomic mass is 9.94. The molecule has 2 saturated heterocycles. The highest BCUT2D eigenvalue weighted by molar-refractivity contribution is 8.14. The van der Waals surface area contributed by atoms with Gasteiger partial charge in [-0.05, 0) is 35.0 Å². The fourth-order valence-electron chi connectivity index (χ4n) is 4.45. The first-order valence-electron chi connectivity index (χ1n) is 12.5. The van der Waals surface area contributed by atoms with Crippen LogP contribution in [0.1, 0.15) is 13.8 Å². The van der Waals surface area contributed by atoms with Gasteiger partial charge in [-0.2, -0.15) is 0 Å². The Balaban J connectivity index is 0.000000206. The highest BCUT2D eigenvalue weighted by atomic mass is 32.2. The molecule has 0 aromatic carbocycles. The number of ether oxygens (including phenoxy) is 2. The molecule has 0 aromatic rings. The Kier molecular flexibility index (Phi) is 10.6. The van der Waals surface area contributed by atoms with Crippen molar-refractivity contribution in [1.29, 1.82) is 0 Å². The molecule has 37 heavy (non-hydrogen) atoms. The number of aliphatic hydroxyl groups excluding tert-OH is 4. The van der Waals surface area contributed by atoms with Crippen molar-refractivity contribution in [2.45, 2.75) is 85.5 Å². The number of likely N-dealkylation sites (N-methyl/N-ethyl adjacent to an activating group) is 2. The van der Waals surface area contributed by atoms with Crippen LogP contribution < -0.4 is 5.32 Å². The monoisotopic (exact) mass is 564 g/mol. The second-order valence-electron chi connectivity index (χ2n) is 10.5. The smallest absolute Gasteiger partial charge is 0.161 e. The van der Waals surface area contributed by atoms with E-state index in [9.17, 15) is 20.4 Å². The molecule has 0 unspecified atom stereocenters. The third-order valence-corrected chi connectivity index (χ3v) is 9.79. The molecule has 12 nitrogen and oxygen atoms in total. The van der Waals surface area contributed by atoms with Gasteiger partial charge in [-0.25, -0.2) is 0 Å². The summed E-state index contributed by atoms with van der Waals surface area (Å²) < 4.78 is 11.8. The number of thioether (sulfide) groups is 2. The van der Waals surface area contributed by atoms with Crippen molar-refractivity contribution in [3.05, 3.63) is 0 Å². The van der Waals surface area contributed by atoms with Crippen LogP contribution in [0.2, 0.25) is 0 Å². The van der Waals surface area contributed by atoms with Gasteiger partial charge in [0.2, 0.25) is 0 Å². The van der Waals surface area contributed by atoms with Crippen LogP contribution in [0.15, 0.2) is 9.98 Å². The van der Waals surface area contributed by atoms with Gasteiger partial charge >= 0.3 is 0 Å². The van der Waals surface area contributed by atoms with Gasteiger partial charge in [0.1, 0.15) is 59.6 Å². The van der Waals surface area contributed by atoms with Gasteiger partial charge in [0, 0.05) is 40.3 Å². The third kappa shape index (κ3) is 6.56. The minimum atomic E-state index is -0.917. The van der Waals surface area contributed by atoms with Gasteiger partial charge in [0.05, 0.1) is 0 Å². The molecule has 0 spiro atoms. The number of fused-ring (bicyclic) bond motifs is 2. The molecule has 0 aromatic heterocycles. The first kappa shape index (κ1) is 30.9. The van der Waals surface area contributed by atoms with Crippen LogP contribution in [0, 0.1) is 0 Å². The van der Waals surface area contributed by atoms with E-state index in [0.717, 1.165) is 10.3 Å². The largest absolute Gasteiger partial charge is 0.388 e. The lowest BCUT2D eigenvalue weighted by Crippen LogP contribution is -2.59. The van der Waals surface area contributed by atoms with Crippen LogP contribution in [0.5, 0.6) is 0 Å². The average Bonchev–Trinajstić information content (AvgIpc) is 3.48. The highest BCUT2D eigenvalue weighted by Crippen LogP contribution is 2.39. The molecule has 4 aliphatic rings. The predicted molar refractivity (Wildman–Crippen MR) is 148 cm³/mol. The average molecular weight is 565 g/mol. The molecule has 5 N–H and O–H groups in total. The van der Waals surface area contributed by atoms with E-state index in [2.05, 4.69) is 15.3 Å². The minimum Gasteiger partial charge on any atom is -0.388 e. The Morgan fingerprint density at radius 3 is 1.51 bits per heavy atom. The zero-order chi connectivity index (χ0) is 27.8. The van der Waals surface area contributed by atoms with Gasteiger partial charge in [-0.3, -0.25) is 9.98 Å². The summed E-state index contributed by atoms with van der Waals surface area (Å²) in [6.07, 6.45) is -4.42. The first-order chi connectivity index (χ1) is 17.3. The van der Waals surface area contributed by atoms with E-state index in [1.807, 2.05) is 77.9 Å². The number of aliphatic hydroxyl groups is 4. The van der Waals surface area contributed by atoms with E-state index in [-0.39, 0.29) is 35.0 Å². The number of nitrogens with zero attached hydrogens (tertiary/aromatic N) is 5. The molecule has 0 amide bonds. The van der Waals surface area contributed by atoms with Crippen molar-refractivity contribution in [1.82, 2.24) is 20.0 Å². The van der Waals surface area contributed by atoms with Crippen LogP contribution in [0.3, 0.4) is 0 Å². The molecule has 0 saturated carbocycles. The van der Waals surface area contributed by atoms with Crippen molar-refractivity contribution in [2.24, 2.45) is 9.98 Å². The van der Waals surface area contributed by atoms with E-state index in [1.165, 1.54) is 23.5 Å². The van der Waals surface area contributed by atoms with Crippen molar-refractivity contribution in [3.8, 4) is 0 Å². The number of aliphatic imine (C=N–C) groups is 2.